The van der Waals surface area contributed by atoms with Crippen molar-refractivity contribution in [1.29, 1.82) is 0 Å². The summed E-state index contributed by atoms with van der Waals surface area (Å²) in [5.41, 5.74) is 7.64. The minimum atomic E-state index is -0.974. The summed E-state index contributed by atoms with van der Waals surface area (Å²) < 4.78 is 7.56. The molecule has 1 aromatic heterocycles. The van der Waals surface area contributed by atoms with Crippen molar-refractivity contribution >= 4 is 22.7 Å². The smallest absolute Gasteiger partial charge is 0.332 e. The van der Waals surface area contributed by atoms with E-state index in [-0.39, 0.29) is 12.4 Å². The highest BCUT2D eigenvalue weighted by molar-refractivity contribution is 6.17. The molecule has 0 spiro atoms. The summed E-state index contributed by atoms with van der Waals surface area (Å²) in [4.78, 5) is 24.5. The van der Waals surface area contributed by atoms with Gasteiger partial charge in [0.25, 0.3) is 0 Å². The third-order valence-electron chi connectivity index (χ3n) is 6.23. The van der Waals surface area contributed by atoms with Gasteiger partial charge in [-0.3, -0.25) is 4.79 Å². The lowest BCUT2D eigenvalue weighted by Gasteiger charge is -2.11. The summed E-state index contributed by atoms with van der Waals surface area (Å²) >= 11 is 0. The van der Waals surface area contributed by atoms with Crippen LogP contribution in [0.25, 0.3) is 10.9 Å². The molecule has 1 heterocycles. The van der Waals surface area contributed by atoms with Gasteiger partial charge in [0.1, 0.15) is 0 Å². The number of benzene rings is 3. The second kappa shape index (κ2) is 9.65. The van der Waals surface area contributed by atoms with Crippen LogP contribution >= 0.6 is 0 Å². The number of carboxylic acids is 1. The van der Waals surface area contributed by atoms with Crippen LogP contribution in [0.15, 0.2) is 66.7 Å². The standard InChI is InChI=1S/C29H29NO4/c1-18-5-12-24(13-6-18)28(31)27-20(3)30(26-14-7-19(2)15-25(26)27)16-22-8-10-23(11-9-22)17-34-21(4)29(32)33/h5-15,21H,16-17H2,1-4H3,(H,32,33)/t21-/m1/s1. The van der Waals surface area contributed by atoms with Gasteiger partial charge in [0.15, 0.2) is 11.9 Å². The number of aryl methyl sites for hydroxylation is 2. The largest absolute Gasteiger partial charge is 0.479 e. The zero-order valence-electron chi connectivity index (χ0n) is 20.0. The van der Waals surface area contributed by atoms with Crippen molar-refractivity contribution in [2.45, 2.75) is 47.0 Å². The molecule has 1 atom stereocenters. The number of ketones is 1. The van der Waals surface area contributed by atoms with Gasteiger partial charge in [0, 0.05) is 28.7 Å². The molecule has 4 rings (SSSR count). The Morgan fingerprint density at radius 2 is 1.50 bits per heavy atom. The maximum absolute atomic E-state index is 13.5. The number of carbonyl (C=O) groups is 2. The van der Waals surface area contributed by atoms with E-state index in [0.29, 0.717) is 12.1 Å². The molecule has 0 unspecified atom stereocenters. The summed E-state index contributed by atoms with van der Waals surface area (Å²) in [7, 11) is 0. The summed E-state index contributed by atoms with van der Waals surface area (Å²) in [5, 5.41) is 9.94. The molecule has 5 heteroatoms. The first-order chi connectivity index (χ1) is 16.2. The molecule has 3 aromatic carbocycles. The summed E-state index contributed by atoms with van der Waals surface area (Å²) in [6.07, 6.45) is -0.846. The predicted octanol–water partition coefficient (Wildman–Crippen LogP) is 5.84. The molecular weight excluding hydrogens is 426 g/mol. The van der Waals surface area contributed by atoms with Crippen LogP contribution in [0.4, 0.5) is 0 Å². The van der Waals surface area contributed by atoms with Crippen molar-refractivity contribution in [3.8, 4) is 0 Å². The quantitative estimate of drug-likeness (QED) is 0.339. The molecule has 0 fully saturated rings. The second-order valence-corrected chi connectivity index (χ2v) is 8.87. The Labute approximate surface area is 199 Å². The lowest BCUT2D eigenvalue weighted by molar-refractivity contribution is -0.149. The van der Waals surface area contributed by atoms with E-state index in [1.807, 2.05) is 69.3 Å². The maximum Gasteiger partial charge on any atom is 0.332 e. The molecule has 0 saturated carbocycles. The van der Waals surface area contributed by atoms with Crippen LogP contribution in [-0.4, -0.2) is 27.5 Å². The van der Waals surface area contributed by atoms with E-state index in [0.717, 1.165) is 44.4 Å². The number of fused-ring (bicyclic) bond motifs is 1. The normalized spacial score (nSPS) is 12.1. The van der Waals surface area contributed by atoms with Crippen LogP contribution < -0.4 is 0 Å². The van der Waals surface area contributed by atoms with Gasteiger partial charge in [-0.2, -0.15) is 0 Å². The van der Waals surface area contributed by atoms with Gasteiger partial charge in [-0.25, -0.2) is 4.79 Å². The molecule has 5 nitrogen and oxygen atoms in total. The minimum Gasteiger partial charge on any atom is -0.479 e. The van der Waals surface area contributed by atoms with Gasteiger partial charge < -0.3 is 14.4 Å². The summed E-state index contributed by atoms with van der Waals surface area (Å²) in [5.74, 6) is -0.940. The number of ether oxygens (including phenoxy) is 1. The van der Waals surface area contributed by atoms with Crippen molar-refractivity contribution in [2.24, 2.45) is 0 Å². The fourth-order valence-corrected chi connectivity index (χ4v) is 4.15. The molecule has 0 bridgehead atoms. The molecule has 0 amide bonds. The van der Waals surface area contributed by atoms with Crippen molar-refractivity contribution in [3.05, 3.63) is 106 Å². The number of carbonyl (C=O) groups excluding carboxylic acids is 1. The lowest BCUT2D eigenvalue weighted by Crippen LogP contribution is -2.19. The number of aromatic nitrogens is 1. The van der Waals surface area contributed by atoms with E-state index >= 15 is 0 Å². The SMILES string of the molecule is Cc1ccc(C(=O)c2c(C)n(Cc3ccc(CO[C@H](C)C(=O)O)cc3)c3ccc(C)cc23)cc1. The lowest BCUT2D eigenvalue weighted by atomic mass is 9.99. The van der Waals surface area contributed by atoms with Crippen LogP contribution in [0.2, 0.25) is 0 Å². The van der Waals surface area contributed by atoms with E-state index in [4.69, 9.17) is 9.84 Å². The van der Waals surface area contributed by atoms with E-state index in [1.54, 1.807) is 0 Å². The Balaban J connectivity index is 1.66. The first-order valence-corrected chi connectivity index (χ1v) is 11.4. The molecule has 0 saturated heterocycles. The molecular formula is C29H29NO4. The Morgan fingerprint density at radius 1 is 0.882 bits per heavy atom. The van der Waals surface area contributed by atoms with E-state index in [1.165, 1.54) is 6.92 Å². The average molecular weight is 456 g/mol. The van der Waals surface area contributed by atoms with Crippen molar-refractivity contribution in [2.75, 3.05) is 0 Å². The second-order valence-electron chi connectivity index (χ2n) is 8.87. The molecule has 0 radical (unpaired) electrons. The van der Waals surface area contributed by atoms with Crippen molar-refractivity contribution in [1.82, 2.24) is 4.57 Å². The number of aliphatic carboxylic acids is 1. The third kappa shape index (κ3) is 4.80. The van der Waals surface area contributed by atoms with Gasteiger partial charge in [-0.05, 0) is 51.0 Å². The van der Waals surface area contributed by atoms with Crippen molar-refractivity contribution in [3.63, 3.8) is 0 Å². The third-order valence-corrected chi connectivity index (χ3v) is 6.23. The number of rotatable bonds is 8. The Bertz CT molecular complexity index is 1350. The monoisotopic (exact) mass is 455 g/mol. The van der Waals surface area contributed by atoms with E-state index < -0.39 is 12.1 Å². The fourth-order valence-electron chi connectivity index (χ4n) is 4.15. The fraction of sp³-hybridized carbons (Fsp3) is 0.241. The Kier molecular flexibility index (Phi) is 6.66. The highest BCUT2D eigenvalue weighted by Gasteiger charge is 2.21. The van der Waals surface area contributed by atoms with Crippen molar-refractivity contribution < 1.29 is 19.4 Å². The number of hydrogen-bond acceptors (Lipinski definition) is 3. The van der Waals surface area contributed by atoms with Gasteiger partial charge >= 0.3 is 5.97 Å². The minimum absolute atomic E-state index is 0.0342. The van der Waals surface area contributed by atoms with Gasteiger partial charge in [-0.15, -0.1) is 0 Å². The topological polar surface area (TPSA) is 68.5 Å². The van der Waals surface area contributed by atoms with Crippen LogP contribution in [0.1, 0.15) is 50.8 Å². The van der Waals surface area contributed by atoms with Gasteiger partial charge in [0.05, 0.1) is 12.2 Å². The zero-order chi connectivity index (χ0) is 24.4. The zero-order valence-corrected chi connectivity index (χ0v) is 20.0. The Morgan fingerprint density at radius 3 is 2.15 bits per heavy atom. The van der Waals surface area contributed by atoms with Crippen LogP contribution in [0.5, 0.6) is 0 Å². The van der Waals surface area contributed by atoms with E-state index in [9.17, 15) is 9.59 Å². The highest BCUT2D eigenvalue weighted by atomic mass is 16.5. The maximum atomic E-state index is 13.5. The number of hydrogen-bond donors (Lipinski definition) is 1. The number of carboxylic acid groups (broad SMARTS) is 1. The van der Waals surface area contributed by atoms with Gasteiger partial charge in [-0.1, -0.05) is 65.7 Å². The molecule has 0 aliphatic carbocycles. The average Bonchev–Trinajstić information content (AvgIpc) is 3.08. The first-order valence-electron chi connectivity index (χ1n) is 11.4. The molecule has 0 aliphatic heterocycles. The van der Waals surface area contributed by atoms with Crippen LogP contribution in [0.3, 0.4) is 0 Å². The molecule has 174 valence electrons. The summed E-state index contributed by atoms with van der Waals surface area (Å²) in [6, 6.07) is 21.9. The summed E-state index contributed by atoms with van der Waals surface area (Å²) in [6.45, 7) is 8.45. The molecule has 34 heavy (non-hydrogen) atoms. The molecule has 4 aromatic rings. The first kappa shape index (κ1) is 23.5. The predicted molar refractivity (Wildman–Crippen MR) is 133 cm³/mol. The van der Waals surface area contributed by atoms with E-state index in [2.05, 4.69) is 22.8 Å². The van der Waals surface area contributed by atoms with Crippen LogP contribution in [-0.2, 0) is 22.7 Å². The Hall–Kier alpha value is -3.70. The van der Waals surface area contributed by atoms with Crippen LogP contribution in [0, 0.1) is 20.8 Å². The van der Waals surface area contributed by atoms with Gasteiger partial charge in [0.2, 0.25) is 0 Å². The molecule has 1 N–H and O–H groups in total. The number of nitrogens with zero attached hydrogens (tertiary/aromatic N) is 1. The molecule has 0 aliphatic rings. The highest BCUT2D eigenvalue weighted by Crippen LogP contribution is 2.30.